The van der Waals surface area contributed by atoms with E-state index in [1.807, 2.05) is 11.8 Å². The summed E-state index contributed by atoms with van der Waals surface area (Å²) in [6, 6.07) is 0. The number of carbonyl (C=O) groups is 2. The first-order valence-electron chi connectivity index (χ1n) is 5.53. The van der Waals surface area contributed by atoms with Gasteiger partial charge in [0.15, 0.2) is 0 Å². The summed E-state index contributed by atoms with van der Waals surface area (Å²) in [4.78, 5) is 24.3. The van der Waals surface area contributed by atoms with Crippen LogP contribution in [0.15, 0.2) is 0 Å². The van der Waals surface area contributed by atoms with Crippen molar-refractivity contribution in [1.29, 1.82) is 0 Å². The molecule has 0 atom stereocenters. The van der Waals surface area contributed by atoms with E-state index in [0.29, 0.717) is 25.0 Å². The van der Waals surface area contributed by atoms with E-state index in [2.05, 4.69) is 0 Å². The molecule has 0 aliphatic carbocycles. The number of carbonyl (C=O) groups excluding carboxylic acids is 2. The van der Waals surface area contributed by atoms with Crippen molar-refractivity contribution < 1.29 is 9.59 Å². The Morgan fingerprint density at radius 1 is 1.43 bits per heavy atom. The van der Waals surface area contributed by atoms with Gasteiger partial charge in [0.25, 0.3) is 0 Å². The van der Waals surface area contributed by atoms with Gasteiger partial charge in [0.1, 0.15) is 5.78 Å². The molecular weight excluding hydrogens is 178 g/mol. The lowest BCUT2D eigenvalue weighted by molar-refractivity contribution is -0.133. The number of piperidine rings is 1. The minimum Gasteiger partial charge on any atom is -0.343 e. The standard InChI is InChI=1S/C11H19NO2/c1-2-10(13)6-5-9-12-8-4-3-7-11(12)14/h2-9H2,1H3. The minimum absolute atomic E-state index is 0.264. The lowest BCUT2D eigenvalue weighted by Crippen LogP contribution is -2.36. The summed E-state index contributed by atoms with van der Waals surface area (Å²) in [6.45, 7) is 3.54. The summed E-state index contributed by atoms with van der Waals surface area (Å²) in [6.07, 6.45) is 4.92. The van der Waals surface area contributed by atoms with Gasteiger partial charge in [0, 0.05) is 32.4 Å². The van der Waals surface area contributed by atoms with Crippen LogP contribution in [0.4, 0.5) is 0 Å². The average Bonchev–Trinajstić information content (AvgIpc) is 2.20. The fourth-order valence-electron chi connectivity index (χ4n) is 1.74. The van der Waals surface area contributed by atoms with Gasteiger partial charge >= 0.3 is 0 Å². The maximum atomic E-state index is 11.4. The zero-order valence-electron chi connectivity index (χ0n) is 8.92. The Labute approximate surface area is 85.5 Å². The van der Waals surface area contributed by atoms with Crippen molar-refractivity contribution in [2.75, 3.05) is 13.1 Å². The Kier molecular flexibility index (Phi) is 4.63. The monoisotopic (exact) mass is 197 g/mol. The molecule has 0 saturated carbocycles. The van der Waals surface area contributed by atoms with Crippen molar-refractivity contribution in [2.45, 2.75) is 45.4 Å². The third kappa shape index (κ3) is 3.48. The molecule has 1 rings (SSSR count). The molecule has 0 spiro atoms. The van der Waals surface area contributed by atoms with Gasteiger partial charge in [-0.1, -0.05) is 6.92 Å². The average molecular weight is 197 g/mol. The molecule has 0 bridgehead atoms. The number of nitrogens with zero attached hydrogens (tertiary/aromatic N) is 1. The molecule has 1 heterocycles. The lowest BCUT2D eigenvalue weighted by atomic mass is 10.1. The molecule has 1 aliphatic rings. The van der Waals surface area contributed by atoms with Crippen LogP contribution >= 0.6 is 0 Å². The second-order valence-electron chi connectivity index (χ2n) is 3.83. The molecule has 1 amide bonds. The SMILES string of the molecule is CCC(=O)CCCN1CCCCC1=O. The maximum absolute atomic E-state index is 11.4. The van der Waals surface area contributed by atoms with E-state index in [1.54, 1.807) is 0 Å². The van der Waals surface area contributed by atoms with Gasteiger partial charge in [-0.25, -0.2) is 0 Å². The quantitative estimate of drug-likeness (QED) is 0.673. The molecular formula is C11H19NO2. The predicted octanol–water partition coefficient (Wildman–Crippen LogP) is 1.76. The van der Waals surface area contributed by atoms with E-state index < -0.39 is 0 Å². The zero-order valence-corrected chi connectivity index (χ0v) is 8.92. The van der Waals surface area contributed by atoms with Crippen LogP contribution in [-0.4, -0.2) is 29.7 Å². The molecule has 3 nitrogen and oxygen atoms in total. The fourth-order valence-corrected chi connectivity index (χ4v) is 1.74. The molecule has 1 fully saturated rings. The van der Waals surface area contributed by atoms with E-state index >= 15 is 0 Å². The maximum Gasteiger partial charge on any atom is 0.222 e. The van der Waals surface area contributed by atoms with Gasteiger partial charge < -0.3 is 4.90 Å². The van der Waals surface area contributed by atoms with Crippen molar-refractivity contribution in [3.05, 3.63) is 0 Å². The number of likely N-dealkylation sites (tertiary alicyclic amines) is 1. The fraction of sp³-hybridized carbons (Fsp3) is 0.818. The number of ketones is 1. The van der Waals surface area contributed by atoms with Crippen LogP contribution in [0.2, 0.25) is 0 Å². The van der Waals surface area contributed by atoms with Gasteiger partial charge in [-0.2, -0.15) is 0 Å². The molecule has 0 radical (unpaired) electrons. The largest absolute Gasteiger partial charge is 0.343 e. The van der Waals surface area contributed by atoms with Crippen LogP contribution in [-0.2, 0) is 9.59 Å². The van der Waals surface area contributed by atoms with Crippen LogP contribution in [0.1, 0.15) is 45.4 Å². The van der Waals surface area contributed by atoms with Gasteiger partial charge in [0.05, 0.1) is 0 Å². The number of hydrogen-bond acceptors (Lipinski definition) is 2. The summed E-state index contributed by atoms with van der Waals surface area (Å²) in [5.74, 6) is 0.564. The molecule has 1 aliphatic heterocycles. The van der Waals surface area contributed by atoms with Crippen molar-refractivity contribution in [2.24, 2.45) is 0 Å². The lowest BCUT2D eigenvalue weighted by Gasteiger charge is -2.26. The van der Waals surface area contributed by atoms with Crippen molar-refractivity contribution in [3.8, 4) is 0 Å². The van der Waals surface area contributed by atoms with E-state index in [-0.39, 0.29) is 5.91 Å². The smallest absolute Gasteiger partial charge is 0.222 e. The Morgan fingerprint density at radius 3 is 2.86 bits per heavy atom. The van der Waals surface area contributed by atoms with Gasteiger partial charge in [0.2, 0.25) is 5.91 Å². The highest BCUT2D eigenvalue weighted by atomic mass is 16.2. The van der Waals surface area contributed by atoms with Crippen LogP contribution in [0.3, 0.4) is 0 Å². The number of rotatable bonds is 5. The van der Waals surface area contributed by atoms with Gasteiger partial charge in [-0.15, -0.1) is 0 Å². The van der Waals surface area contributed by atoms with Gasteiger partial charge in [-0.05, 0) is 19.3 Å². The molecule has 14 heavy (non-hydrogen) atoms. The van der Waals surface area contributed by atoms with Gasteiger partial charge in [-0.3, -0.25) is 9.59 Å². The summed E-state index contributed by atoms with van der Waals surface area (Å²) >= 11 is 0. The Morgan fingerprint density at radius 2 is 2.21 bits per heavy atom. The molecule has 3 heteroatoms. The normalized spacial score (nSPS) is 17.2. The highest BCUT2D eigenvalue weighted by Gasteiger charge is 2.17. The highest BCUT2D eigenvalue weighted by Crippen LogP contribution is 2.11. The highest BCUT2D eigenvalue weighted by molar-refractivity contribution is 5.78. The van der Waals surface area contributed by atoms with Crippen LogP contribution in [0.5, 0.6) is 0 Å². The van der Waals surface area contributed by atoms with E-state index in [4.69, 9.17) is 0 Å². The summed E-state index contributed by atoms with van der Waals surface area (Å²) in [5, 5.41) is 0. The molecule has 0 N–H and O–H groups in total. The first-order valence-corrected chi connectivity index (χ1v) is 5.53. The molecule has 0 aromatic heterocycles. The molecule has 1 saturated heterocycles. The number of amides is 1. The predicted molar refractivity (Wildman–Crippen MR) is 55.0 cm³/mol. The first-order chi connectivity index (χ1) is 6.74. The molecule has 0 aromatic carbocycles. The molecule has 0 aromatic rings. The van der Waals surface area contributed by atoms with Crippen molar-refractivity contribution in [3.63, 3.8) is 0 Å². The Hall–Kier alpha value is -0.860. The number of hydrogen-bond donors (Lipinski definition) is 0. The third-order valence-electron chi connectivity index (χ3n) is 2.70. The first kappa shape index (κ1) is 11.2. The Bertz CT molecular complexity index is 213. The van der Waals surface area contributed by atoms with E-state index in [0.717, 1.165) is 32.4 Å². The van der Waals surface area contributed by atoms with Crippen LogP contribution in [0, 0.1) is 0 Å². The summed E-state index contributed by atoms with van der Waals surface area (Å²) in [7, 11) is 0. The van der Waals surface area contributed by atoms with Crippen LogP contribution in [0.25, 0.3) is 0 Å². The summed E-state index contributed by atoms with van der Waals surface area (Å²) < 4.78 is 0. The van der Waals surface area contributed by atoms with E-state index in [9.17, 15) is 9.59 Å². The van der Waals surface area contributed by atoms with Crippen LogP contribution < -0.4 is 0 Å². The topological polar surface area (TPSA) is 37.4 Å². The Balaban J connectivity index is 2.16. The number of Topliss-reactive ketones (excluding diaryl/α,β-unsaturated/α-hetero) is 1. The second-order valence-corrected chi connectivity index (χ2v) is 3.83. The third-order valence-corrected chi connectivity index (χ3v) is 2.70. The van der Waals surface area contributed by atoms with Crippen molar-refractivity contribution >= 4 is 11.7 Å². The van der Waals surface area contributed by atoms with E-state index in [1.165, 1.54) is 0 Å². The molecule has 0 unspecified atom stereocenters. The second kappa shape index (κ2) is 5.78. The minimum atomic E-state index is 0.264. The molecule has 80 valence electrons. The summed E-state index contributed by atoms with van der Waals surface area (Å²) in [5.41, 5.74) is 0. The van der Waals surface area contributed by atoms with Crippen molar-refractivity contribution in [1.82, 2.24) is 4.90 Å². The zero-order chi connectivity index (χ0) is 10.4.